The average Bonchev–Trinajstić information content (AvgIpc) is 2.35. The summed E-state index contributed by atoms with van der Waals surface area (Å²) in [5.74, 6) is 1.90. The molecule has 0 bridgehead atoms. The van der Waals surface area contributed by atoms with Gasteiger partial charge in [0.05, 0.1) is 13.2 Å². The molecule has 4 heteroatoms. The summed E-state index contributed by atoms with van der Waals surface area (Å²) in [5, 5.41) is 8.47. The van der Waals surface area contributed by atoms with Crippen LogP contribution in [-0.4, -0.2) is 20.3 Å². The lowest BCUT2D eigenvalue weighted by Crippen LogP contribution is -2.16. The molecule has 0 spiro atoms. The Balaban J connectivity index is 2.44. The molecule has 4 nitrogen and oxygen atoms in total. The molecule has 0 radical (unpaired) electrons. The Labute approximate surface area is 93.7 Å². The van der Waals surface area contributed by atoms with E-state index in [1.54, 1.807) is 19.3 Å². The first-order valence-electron chi connectivity index (χ1n) is 4.89. The van der Waals surface area contributed by atoms with Crippen LogP contribution in [0.1, 0.15) is 5.56 Å². The van der Waals surface area contributed by atoms with Crippen molar-refractivity contribution in [2.24, 2.45) is 0 Å². The standard InChI is InChI=1S/C12H11NO3/c1-14-10-7-9(3-2-4-13)8-11-12(10)16-6-5-15-11/h2-3,7-8H,5-6H2,1H3. The molecule has 0 aromatic heterocycles. The van der Waals surface area contributed by atoms with Crippen molar-refractivity contribution < 1.29 is 14.2 Å². The summed E-state index contributed by atoms with van der Waals surface area (Å²) in [6.45, 7) is 1.05. The van der Waals surface area contributed by atoms with E-state index in [-0.39, 0.29) is 0 Å². The van der Waals surface area contributed by atoms with Crippen LogP contribution >= 0.6 is 0 Å². The van der Waals surface area contributed by atoms with Crippen molar-refractivity contribution in [3.8, 4) is 23.3 Å². The largest absolute Gasteiger partial charge is 0.493 e. The van der Waals surface area contributed by atoms with Gasteiger partial charge in [-0.15, -0.1) is 0 Å². The van der Waals surface area contributed by atoms with Gasteiger partial charge in [0.15, 0.2) is 11.5 Å². The molecule has 0 amide bonds. The van der Waals surface area contributed by atoms with E-state index in [2.05, 4.69) is 0 Å². The number of nitriles is 1. The lowest BCUT2D eigenvalue weighted by Gasteiger charge is -2.20. The van der Waals surface area contributed by atoms with Gasteiger partial charge >= 0.3 is 0 Å². The third-order valence-corrected chi connectivity index (χ3v) is 2.20. The van der Waals surface area contributed by atoms with Crippen LogP contribution in [0.15, 0.2) is 18.2 Å². The second-order valence-electron chi connectivity index (χ2n) is 3.21. The summed E-state index contributed by atoms with van der Waals surface area (Å²) in [5.41, 5.74) is 0.850. The minimum absolute atomic E-state index is 0.525. The topological polar surface area (TPSA) is 51.5 Å². The van der Waals surface area contributed by atoms with Crippen LogP contribution in [0.4, 0.5) is 0 Å². The molecule has 1 aromatic rings. The normalized spacial score (nSPS) is 13.5. The van der Waals surface area contributed by atoms with Crippen molar-refractivity contribution >= 4 is 6.08 Å². The van der Waals surface area contributed by atoms with Gasteiger partial charge in [-0.3, -0.25) is 0 Å². The number of nitrogens with zero attached hydrogens (tertiary/aromatic N) is 1. The molecule has 0 unspecified atom stereocenters. The highest BCUT2D eigenvalue weighted by atomic mass is 16.6. The molecule has 0 aliphatic carbocycles. The van der Waals surface area contributed by atoms with E-state index in [9.17, 15) is 0 Å². The summed E-state index contributed by atoms with van der Waals surface area (Å²) >= 11 is 0. The minimum Gasteiger partial charge on any atom is -0.493 e. The second-order valence-corrected chi connectivity index (χ2v) is 3.21. The summed E-state index contributed by atoms with van der Waals surface area (Å²) < 4.78 is 16.1. The Morgan fingerprint density at radius 3 is 2.94 bits per heavy atom. The van der Waals surface area contributed by atoms with E-state index in [1.807, 2.05) is 12.1 Å². The van der Waals surface area contributed by atoms with Gasteiger partial charge in [-0.25, -0.2) is 0 Å². The molecule has 1 aromatic carbocycles. The van der Waals surface area contributed by atoms with Gasteiger partial charge in [-0.2, -0.15) is 5.26 Å². The number of allylic oxidation sites excluding steroid dienone is 1. The Hall–Kier alpha value is -2.15. The molecule has 1 aliphatic heterocycles. The van der Waals surface area contributed by atoms with Crippen molar-refractivity contribution in [3.05, 3.63) is 23.8 Å². The molecule has 0 saturated carbocycles. The molecule has 1 aliphatic rings. The zero-order valence-electron chi connectivity index (χ0n) is 8.90. The first-order chi connectivity index (χ1) is 7.85. The number of rotatable bonds is 2. The predicted molar refractivity (Wildman–Crippen MR) is 58.6 cm³/mol. The van der Waals surface area contributed by atoms with Gasteiger partial charge in [-0.05, 0) is 23.8 Å². The summed E-state index contributed by atoms with van der Waals surface area (Å²) in [7, 11) is 1.57. The number of ether oxygens (including phenoxy) is 3. The maximum atomic E-state index is 8.47. The fraction of sp³-hybridized carbons (Fsp3) is 0.250. The summed E-state index contributed by atoms with van der Waals surface area (Å²) in [6.07, 6.45) is 3.10. The monoisotopic (exact) mass is 217 g/mol. The van der Waals surface area contributed by atoms with E-state index < -0.39 is 0 Å². The van der Waals surface area contributed by atoms with Gasteiger partial charge in [0.2, 0.25) is 5.75 Å². The van der Waals surface area contributed by atoms with Crippen molar-refractivity contribution in [2.75, 3.05) is 20.3 Å². The summed E-state index contributed by atoms with van der Waals surface area (Å²) in [6, 6.07) is 5.57. The van der Waals surface area contributed by atoms with Crippen molar-refractivity contribution in [1.29, 1.82) is 5.26 Å². The van der Waals surface area contributed by atoms with Gasteiger partial charge in [0.1, 0.15) is 13.2 Å². The molecule has 82 valence electrons. The number of benzene rings is 1. The first-order valence-corrected chi connectivity index (χ1v) is 4.89. The fourth-order valence-electron chi connectivity index (χ4n) is 1.52. The van der Waals surface area contributed by atoms with Gasteiger partial charge in [-0.1, -0.05) is 0 Å². The third-order valence-electron chi connectivity index (χ3n) is 2.20. The maximum Gasteiger partial charge on any atom is 0.203 e. The van der Waals surface area contributed by atoms with Crippen LogP contribution in [0, 0.1) is 11.3 Å². The van der Waals surface area contributed by atoms with E-state index in [0.29, 0.717) is 30.5 Å². The molecule has 1 heterocycles. The lowest BCUT2D eigenvalue weighted by atomic mass is 10.1. The molecular weight excluding hydrogens is 206 g/mol. The quantitative estimate of drug-likeness (QED) is 0.711. The lowest BCUT2D eigenvalue weighted by molar-refractivity contribution is 0.165. The number of fused-ring (bicyclic) bond motifs is 1. The molecule has 2 rings (SSSR count). The molecular formula is C12H11NO3. The number of hydrogen-bond donors (Lipinski definition) is 0. The Morgan fingerprint density at radius 2 is 2.19 bits per heavy atom. The molecule has 0 saturated heterocycles. The third kappa shape index (κ3) is 1.94. The molecule has 0 fully saturated rings. The van der Waals surface area contributed by atoms with Crippen LogP contribution in [0.25, 0.3) is 6.08 Å². The van der Waals surface area contributed by atoms with Crippen LogP contribution in [0.3, 0.4) is 0 Å². The highest BCUT2D eigenvalue weighted by Crippen LogP contribution is 2.40. The van der Waals surface area contributed by atoms with E-state index in [1.165, 1.54) is 6.08 Å². The second kappa shape index (κ2) is 4.58. The van der Waals surface area contributed by atoms with Gasteiger partial charge in [0.25, 0.3) is 0 Å². The summed E-state index contributed by atoms with van der Waals surface area (Å²) in [4.78, 5) is 0. The zero-order valence-corrected chi connectivity index (χ0v) is 8.90. The highest BCUT2D eigenvalue weighted by molar-refractivity contribution is 5.63. The zero-order chi connectivity index (χ0) is 11.4. The molecule has 16 heavy (non-hydrogen) atoms. The maximum absolute atomic E-state index is 8.47. The Bertz CT molecular complexity index is 443. The van der Waals surface area contributed by atoms with E-state index >= 15 is 0 Å². The molecule has 0 N–H and O–H groups in total. The number of methoxy groups -OCH3 is 1. The fourth-order valence-corrected chi connectivity index (χ4v) is 1.52. The van der Waals surface area contributed by atoms with E-state index in [0.717, 1.165) is 5.56 Å². The van der Waals surface area contributed by atoms with Gasteiger partial charge < -0.3 is 14.2 Å². The predicted octanol–water partition coefficient (Wildman–Crippen LogP) is 2.00. The van der Waals surface area contributed by atoms with Crippen molar-refractivity contribution in [3.63, 3.8) is 0 Å². The first kappa shape index (κ1) is 10.4. The highest BCUT2D eigenvalue weighted by Gasteiger charge is 2.17. The Kier molecular flexibility index (Phi) is 2.97. The number of hydrogen-bond acceptors (Lipinski definition) is 4. The van der Waals surface area contributed by atoms with Crippen LogP contribution in [0.2, 0.25) is 0 Å². The Morgan fingerprint density at radius 1 is 1.38 bits per heavy atom. The molecule has 0 atom stereocenters. The van der Waals surface area contributed by atoms with Gasteiger partial charge in [0, 0.05) is 6.08 Å². The smallest absolute Gasteiger partial charge is 0.203 e. The van der Waals surface area contributed by atoms with Crippen LogP contribution in [-0.2, 0) is 0 Å². The SMILES string of the molecule is COc1cc(C=CC#N)cc2c1OCCO2. The van der Waals surface area contributed by atoms with E-state index in [4.69, 9.17) is 19.5 Å². The average molecular weight is 217 g/mol. The van der Waals surface area contributed by atoms with Crippen LogP contribution < -0.4 is 14.2 Å². The van der Waals surface area contributed by atoms with Crippen molar-refractivity contribution in [1.82, 2.24) is 0 Å². The van der Waals surface area contributed by atoms with Crippen LogP contribution in [0.5, 0.6) is 17.2 Å². The minimum atomic E-state index is 0.525. The van der Waals surface area contributed by atoms with Crippen molar-refractivity contribution in [2.45, 2.75) is 0 Å².